The quantitative estimate of drug-likeness (QED) is 0.419. The van der Waals surface area contributed by atoms with Crippen molar-refractivity contribution in [3.05, 3.63) is 40.7 Å². The molecular formula is C7H5Cl3Mg. The molecule has 0 aliphatic rings. The second kappa shape index (κ2) is 6.27. The molecular weight excluding hydrogens is 215 g/mol. The molecule has 0 atom stereocenters. The van der Waals surface area contributed by atoms with Gasteiger partial charge < -0.3 is 12.4 Å². The minimum Gasteiger partial charge on any atom is -1.00 e. The van der Waals surface area contributed by atoms with Crippen molar-refractivity contribution >= 4 is 46.3 Å². The predicted octanol–water partition coefficient (Wildman–Crippen LogP) is -0.201. The molecule has 0 amide bonds. The Balaban J connectivity index is 0. The van der Waals surface area contributed by atoms with Gasteiger partial charge in [-0.25, -0.2) is 0 Å². The zero-order chi connectivity index (χ0) is 6.85. The molecule has 1 aromatic rings. The van der Waals surface area contributed by atoms with Crippen LogP contribution in [-0.2, 0) is 0 Å². The summed E-state index contributed by atoms with van der Waals surface area (Å²) >= 11 is 11.3. The van der Waals surface area contributed by atoms with E-state index >= 15 is 0 Å². The van der Waals surface area contributed by atoms with Crippen molar-refractivity contribution in [3.63, 3.8) is 0 Å². The van der Waals surface area contributed by atoms with E-state index in [-0.39, 0.29) is 35.5 Å². The summed E-state index contributed by atoms with van der Waals surface area (Å²) in [5, 5.41) is 1.13. The molecule has 0 aliphatic carbocycles. The predicted molar refractivity (Wildman–Crippen MR) is 46.7 cm³/mol. The molecule has 1 aromatic carbocycles. The Morgan fingerprint density at radius 1 is 1.09 bits per heavy atom. The first-order valence-corrected chi connectivity index (χ1v) is 3.23. The van der Waals surface area contributed by atoms with Gasteiger partial charge in [-0.15, -0.1) is 6.07 Å². The Labute approximate surface area is 98.8 Å². The molecule has 0 nitrogen and oxygen atoms in total. The van der Waals surface area contributed by atoms with Crippen LogP contribution in [0.3, 0.4) is 0 Å². The van der Waals surface area contributed by atoms with Gasteiger partial charge in [-0.3, -0.25) is 0 Å². The third-order valence-corrected chi connectivity index (χ3v) is 1.72. The standard InChI is InChI=1S/C7H5Cl2.ClH.Mg/c1-5-2-3-6(8)7(9)4-5;;/h2-4H,1H2;1H;/q-1;;+2/p-1. The summed E-state index contributed by atoms with van der Waals surface area (Å²) in [5.41, 5.74) is 0.879. The molecule has 0 N–H and O–H groups in total. The molecule has 0 radical (unpaired) electrons. The van der Waals surface area contributed by atoms with Crippen molar-refractivity contribution in [2.24, 2.45) is 0 Å². The van der Waals surface area contributed by atoms with Crippen LogP contribution in [0, 0.1) is 6.92 Å². The van der Waals surface area contributed by atoms with E-state index in [9.17, 15) is 0 Å². The smallest absolute Gasteiger partial charge is 1.00 e. The van der Waals surface area contributed by atoms with E-state index in [1.165, 1.54) is 0 Å². The Hall–Kier alpha value is 0.726. The van der Waals surface area contributed by atoms with E-state index in [1.54, 1.807) is 12.1 Å². The summed E-state index contributed by atoms with van der Waals surface area (Å²) in [4.78, 5) is 0. The van der Waals surface area contributed by atoms with Crippen molar-refractivity contribution < 1.29 is 12.4 Å². The number of rotatable bonds is 0. The maximum Gasteiger partial charge on any atom is 2.00 e. The maximum atomic E-state index is 5.64. The summed E-state index contributed by atoms with van der Waals surface area (Å²) < 4.78 is 0. The monoisotopic (exact) mass is 218 g/mol. The minimum atomic E-state index is 0. The molecule has 0 saturated carbocycles. The van der Waals surface area contributed by atoms with Gasteiger partial charge in [0, 0.05) is 10.0 Å². The van der Waals surface area contributed by atoms with Gasteiger partial charge in [-0.1, -0.05) is 29.3 Å². The fourth-order valence-corrected chi connectivity index (χ4v) is 0.860. The van der Waals surface area contributed by atoms with E-state index in [0.717, 1.165) is 5.56 Å². The molecule has 1 rings (SSSR count). The average molecular weight is 220 g/mol. The zero-order valence-electron chi connectivity index (χ0n) is 5.78. The molecule has 0 unspecified atom stereocenters. The van der Waals surface area contributed by atoms with E-state index in [0.29, 0.717) is 10.0 Å². The van der Waals surface area contributed by atoms with Crippen LogP contribution in [0.15, 0.2) is 18.2 Å². The molecule has 0 saturated heterocycles. The van der Waals surface area contributed by atoms with Gasteiger partial charge in [0.2, 0.25) is 0 Å². The van der Waals surface area contributed by atoms with E-state index in [2.05, 4.69) is 6.92 Å². The Bertz CT molecular complexity index is 225. The van der Waals surface area contributed by atoms with Gasteiger partial charge in [-0.05, 0) is 0 Å². The van der Waals surface area contributed by atoms with Crippen LogP contribution in [0.2, 0.25) is 10.0 Å². The van der Waals surface area contributed by atoms with Crippen LogP contribution in [-0.4, -0.2) is 23.1 Å². The molecule has 11 heavy (non-hydrogen) atoms. The van der Waals surface area contributed by atoms with Crippen molar-refractivity contribution in [2.75, 3.05) is 0 Å². The van der Waals surface area contributed by atoms with Crippen molar-refractivity contribution in [3.8, 4) is 0 Å². The second-order valence-electron chi connectivity index (χ2n) is 1.75. The third kappa shape index (κ3) is 4.34. The summed E-state index contributed by atoms with van der Waals surface area (Å²) in [6, 6.07) is 5.27. The number of hydrogen-bond acceptors (Lipinski definition) is 0. The Morgan fingerprint density at radius 3 is 2.00 bits per heavy atom. The van der Waals surface area contributed by atoms with Crippen LogP contribution in [0.25, 0.3) is 0 Å². The average Bonchev–Trinajstić information content (AvgIpc) is 1.80. The maximum absolute atomic E-state index is 5.64. The fourth-order valence-electron chi connectivity index (χ4n) is 0.540. The van der Waals surface area contributed by atoms with Crippen molar-refractivity contribution in [1.29, 1.82) is 0 Å². The molecule has 4 heteroatoms. The number of halogens is 3. The zero-order valence-corrected chi connectivity index (χ0v) is 9.46. The largest absolute Gasteiger partial charge is 2.00 e. The third-order valence-electron chi connectivity index (χ3n) is 0.984. The summed E-state index contributed by atoms with van der Waals surface area (Å²) in [6.45, 7) is 3.68. The number of benzene rings is 1. The summed E-state index contributed by atoms with van der Waals surface area (Å²) in [5.74, 6) is 0. The Kier molecular flexibility index (Phi) is 8.12. The summed E-state index contributed by atoms with van der Waals surface area (Å²) in [6.07, 6.45) is 0. The second-order valence-corrected chi connectivity index (χ2v) is 2.56. The normalized spacial score (nSPS) is 7.82. The van der Waals surface area contributed by atoms with Crippen LogP contribution >= 0.6 is 23.2 Å². The SMILES string of the molecule is [CH2-]c1ccc(Cl)c(Cl)c1.[Cl-].[Mg+2]. The van der Waals surface area contributed by atoms with Crippen LogP contribution < -0.4 is 12.4 Å². The molecule has 0 heterocycles. The van der Waals surface area contributed by atoms with Crippen LogP contribution in [0.4, 0.5) is 0 Å². The fraction of sp³-hybridized carbons (Fsp3) is 0. The summed E-state index contributed by atoms with van der Waals surface area (Å²) in [7, 11) is 0. The molecule has 0 aromatic heterocycles. The van der Waals surface area contributed by atoms with Gasteiger partial charge >= 0.3 is 23.1 Å². The first kappa shape index (κ1) is 14.3. The first-order valence-electron chi connectivity index (χ1n) is 2.47. The van der Waals surface area contributed by atoms with Gasteiger partial charge in [0.25, 0.3) is 0 Å². The van der Waals surface area contributed by atoms with Crippen molar-refractivity contribution in [1.82, 2.24) is 0 Å². The van der Waals surface area contributed by atoms with Gasteiger partial charge in [0.1, 0.15) is 0 Å². The van der Waals surface area contributed by atoms with Gasteiger partial charge in [0.05, 0.1) is 0 Å². The van der Waals surface area contributed by atoms with E-state index in [4.69, 9.17) is 23.2 Å². The van der Waals surface area contributed by atoms with E-state index in [1.807, 2.05) is 6.07 Å². The van der Waals surface area contributed by atoms with Crippen LogP contribution in [0.1, 0.15) is 5.56 Å². The topological polar surface area (TPSA) is 0 Å². The molecule has 0 spiro atoms. The van der Waals surface area contributed by atoms with E-state index < -0.39 is 0 Å². The number of hydrogen-bond donors (Lipinski definition) is 0. The Morgan fingerprint density at radius 2 is 1.64 bits per heavy atom. The first-order chi connectivity index (χ1) is 4.20. The van der Waals surface area contributed by atoms with Crippen LogP contribution in [0.5, 0.6) is 0 Å². The van der Waals surface area contributed by atoms with Crippen molar-refractivity contribution in [2.45, 2.75) is 0 Å². The molecule has 0 fully saturated rings. The molecule has 56 valence electrons. The molecule has 0 aliphatic heterocycles. The van der Waals surface area contributed by atoms with Gasteiger partial charge in [0.15, 0.2) is 0 Å². The van der Waals surface area contributed by atoms with Gasteiger partial charge in [-0.2, -0.15) is 18.6 Å². The minimum absolute atomic E-state index is 0. The molecule has 0 bridgehead atoms.